The van der Waals surface area contributed by atoms with Crippen LogP contribution in [-0.4, -0.2) is 52.5 Å². The van der Waals surface area contributed by atoms with Gasteiger partial charge < -0.3 is 26.8 Å². The van der Waals surface area contributed by atoms with Crippen LogP contribution in [0.2, 0.25) is 0 Å². The summed E-state index contributed by atoms with van der Waals surface area (Å²) in [5.74, 6) is -0.862. The Morgan fingerprint density at radius 1 is 1.42 bits per heavy atom. The molecule has 3 atom stereocenters. The minimum Gasteiger partial charge on any atom is -0.395 e. The molecule has 12 heavy (non-hydrogen) atoms. The summed E-state index contributed by atoms with van der Waals surface area (Å²) in [6.07, 6.45) is -2.98. The summed E-state index contributed by atoms with van der Waals surface area (Å²) in [7, 11) is 0. The van der Waals surface area contributed by atoms with Gasteiger partial charge in [-0.2, -0.15) is 0 Å². The van der Waals surface area contributed by atoms with Crippen molar-refractivity contribution in [1.82, 2.24) is 0 Å². The molecular formula is C6H14N2O4. The Labute approximate surface area is 69.8 Å². The number of rotatable bonds is 5. The van der Waals surface area contributed by atoms with Crippen LogP contribution in [0, 0.1) is 0 Å². The Bertz CT molecular complexity index is 152. The van der Waals surface area contributed by atoms with Crippen molar-refractivity contribution in [3.63, 3.8) is 0 Å². The second-order valence-corrected chi connectivity index (χ2v) is 2.45. The molecule has 0 aliphatic carbocycles. The standard InChI is InChI=1S/C6H14N2O4/c7-1-4(10)6(12)5(11)3(8)2-9/h3-5,9-11H,1-2,7-8H2/t3-,4+,5-/m0/s1. The quantitative estimate of drug-likeness (QED) is 0.298. The topological polar surface area (TPSA) is 130 Å². The Kier molecular flexibility index (Phi) is 4.95. The molecule has 0 aromatic rings. The highest BCUT2D eigenvalue weighted by molar-refractivity contribution is 5.87. The highest BCUT2D eigenvalue weighted by atomic mass is 16.3. The van der Waals surface area contributed by atoms with E-state index in [1.807, 2.05) is 0 Å². The maximum Gasteiger partial charge on any atom is 0.192 e. The van der Waals surface area contributed by atoms with Gasteiger partial charge in [0.05, 0.1) is 12.6 Å². The number of carbonyl (C=O) groups is 1. The molecule has 0 aliphatic heterocycles. The minimum absolute atomic E-state index is 0.270. The zero-order chi connectivity index (χ0) is 9.72. The molecule has 0 unspecified atom stereocenters. The molecule has 6 heteroatoms. The molecule has 0 amide bonds. The van der Waals surface area contributed by atoms with E-state index in [0.717, 1.165) is 0 Å². The van der Waals surface area contributed by atoms with Gasteiger partial charge in [0.15, 0.2) is 5.78 Å². The number of nitrogens with two attached hydrogens (primary N) is 2. The fraction of sp³-hybridized carbons (Fsp3) is 0.833. The number of hydrogen-bond donors (Lipinski definition) is 5. The Balaban J connectivity index is 4.09. The lowest BCUT2D eigenvalue weighted by molar-refractivity contribution is -0.136. The van der Waals surface area contributed by atoms with Crippen molar-refractivity contribution >= 4 is 5.78 Å². The molecule has 0 aromatic heterocycles. The predicted molar refractivity (Wildman–Crippen MR) is 41.1 cm³/mol. The maximum atomic E-state index is 10.9. The zero-order valence-electron chi connectivity index (χ0n) is 6.55. The van der Waals surface area contributed by atoms with Gasteiger partial charge in [0.2, 0.25) is 0 Å². The molecule has 0 radical (unpaired) electrons. The lowest BCUT2D eigenvalue weighted by Crippen LogP contribution is -2.48. The lowest BCUT2D eigenvalue weighted by Gasteiger charge is -2.17. The first-order valence-corrected chi connectivity index (χ1v) is 3.51. The van der Waals surface area contributed by atoms with Crippen molar-refractivity contribution in [3.8, 4) is 0 Å². The maximum absolute atomic E-state index is 10.9. The van der Waals surface area contributed by atoms with E-state index >= 15 is 0 Å². The van der Waals surface area contributed by atoms with Crippen molar-refractivity contribution in [2.24, 2.45) is 11.5 Å². The molecular weight excluding hydrogens is 164 g/mol. The number of Topliss-reactive ketones (excluding diaryl/α,β-unsaturated/α-hetero) is 1. The Morgan fingerprint density at radius 2 is 1.92 bits per heavy atom. The summed E-state index contributed by atoms with van der Waals surface area (Å²) in [4.78, 5) is 10.9. The molecule has 6 nitrogen and oxygen atoms in total. The summed E-state index contributed by atoms with van der Waals surface area (Å²) in [6.45, 7) is -0.793. The van der Waals surface area contributed by atoms with E-state index in [2.05, 4.69) is 0 Å². The fourth-order valence-electron chi connectivity index (χ4n) is 0.624. The largest absolute Gasteiger partial charge is 0.395 e. The van der Waals surface area contributed by atoms with Gasteiger partial charge in [-0.25, -0.2) is 0 Å². The van der Waals surface area contributed by atoms with Gasteiger partial charge in [-0.3, -0.25) is 4.79 Å². The average molecular weight is 178 g/mol. The van der Waals surface area contributed by atoms with Crippen LogP contribution in [0.25, 0.3) is 0 Å². The van der Waals surface area contributed by atoms with E-state index in [1.165, 1.54) is 0 Å². The predicted octanol–water partition coefficient (Wildman–Crippen LogP) is -3.44. The van der Waals surface area contributed by atoms with Crippen molar-refractivity contribution in [2.45, 2.75) is 18.2 Å². The highest BCUT2D eigenvalue weighted by Crippen LogP contribution is 1.95. The molecule has 7 N–H and O–H groups in total. The number of aliphatic hydroxyl groups excluding tert-OH is 3. The van der Waals surface area contributed by atoms with Gasteiger partial charge in [0.1, 0.15) is 12.2 Å². The summed E-state index contributed by atoms with van der Waals surface area (Å²) in [6, 6.07) is -1.07. The second-order valence-electron chi connectivity index (χ2n) is 2.45. The van der Waals surface area contributed by atoms with Gasteiger partial charge >= 0.3 is 0 Å². The van der Waals surface area contributed by atoms with Crippen molar-refractivity contribution in [1.29, 1.82) is 0 Å². The lowest BCUT2D eigenvalue weighted by atomic mass is 10.0. The molecule has 0 heterocycles. The fourth-order valence-corrected chi connectivity index (χ4v) is 0.624. The van der Waals surface area contributed by atoms with Gasteiger partial charge in [0.25, 0.3) is 0 Å². The van der Waals surface area contributed by atoms with Crippen LogP contribution in [0.1, 0.15) is 0 Å². The molecule has 0 bridgehead atoms. The summed E-state index contributed by atoms with van der Waals surface area (Å²) >= 11 is 0. The first-order valence-electron chi connectivity index (χ1n) is 3.51. The van der Waals surface area contributed by atoms with Crippen LogP contribution in [0.15, 0.2) is 0 Å². The third kappa shape index (κ3) is 2.84. The normalized spacial score (nSPS) is 18.4. The molecule has 0 saturated heterocycles. The molecule has 0 spiro atoms. The Morgan fingerprint density at radius 3 is 2.25 bits per heavy atom. The van der Waals surface area contributed by atoms with E-state index in [4.69, 9.17) is 26.8 Å². The molecule has 72 valence electrons. The van der Waals surface area contributed by atoms with Crippen LogP contribution >= 0.6 is 0 Å². The summed E-state index contributed by atoms with van der Waals surface area (Å²) in [5, 5.41) is 26.4. The van der Waals surface area contributed by atoms with E-state index in [-0.39, 0.29) is 6.54 Å². The van der Waals surface area contributed by atoms with Gasteiger partial charge in [-0.1, -0.05) is 0 Å². The number of carbonyl (C=O) groups excluding carboxylic acids is 1. The van der Waals surface area contributed by atoms with E-state index in [1.54, 1.807) is 0 Å². The number of hydrogen-bond acceptors (Lipinski definition) is 6. The van der Waals surface area contributed by atoms with E-state index < -0.39 is 30.6 Å². The van der Waals surface area contributed by atoms with Crippen LogP contribution in [0.4, 0.5) is 0 Å². The third-order valence-electron chi connectivity index (χ3n) is 1.46. The zero-order valence-corrected chi connectivity index (χ0v) is 6.55. The smallest absolute Gasteiger partial charge is 0.192 e. The van der Waals surface area contributed by atoms with Crippen molar-refractivity contribution in [2.75, 3.05) is 13.2 Å². The van der Waals surface area contributed by atoms with Crippen molar-refractivity contribution < 1.29 is 20.1 Å². The number of aliphatic hydroxyl groups is 3. The van der Waals surface area contributed by atoms with Crippen LogP contribution in [0.3, 0.4) is 0 Å². The first-order chi connectivity index (χ1) is 5.54. The summed E-state index contributed by atoms with van der Waals surface area (Å²) in [5.41, 5.74) is 10.1. The van der Waals surface area contributed by atoms with Crippen LogP contribution < -0.4 is 11.5 Å². The molecule has 0 rings (SSSR count). The van der Waals surface area contributed by atoms with Crippen molar-refractivity contribution in [3.05, 3.63) is 0 Å². The third-order valence-corrected chi connectivity index (χ3v) is 1.46. The second kappa shape index (κ2) is 5.18. The van der Waals surface area contributed by atoms with E-state index in [0.29, 0.717) is 0 Å². The van der Waals surface area contributed by atoms with Crippen LogP contribution in [-0.2, 0) is 4.79 Å². The van der Waals surface area contributed by atoms with Gasteiger partial charge in [-0.15, -0.1) is 0 Å². The summed E-state index contributed by atoms with van der Waals surface area (Å²) < 4.78 is 0. The Hall–Kier alpha value is -0.530. The van der Waals surface area contributed by atoms with E-state index in [9.17, 15) is 4.79 Å². The van der Waals surface area contributed by atoms with Crippen LogP contribution in [0.5, 0.6) is 0 Å². The molecule has 0 fully saturated rings. The highest BCUT2D eigenvalue weighted by Gasteiger charge is 2.26. The first kappa shape index (κ1) is 11.5. The van der Waals surface area contributed by atoms with Gasteiger partial charge in [-0.05, 0) is 0 Å². The van der Waals surface area contributed by atoms with Gasteiger partial charge in [0, 0.05) is 6.54 Å². The molecule has 0 saturated carbocycles. The minimum atomic E-state index is -1.56. The monoisotopic (exact) mass is 178 g/mol. The average Bonchev–Trinajstić information content (AvgIpc) is 2.12. The number of ketones is 1. The SMILES string of the molecule is NC[C@@H](O)C(=O)[C@@H](O)[C@@H](N)CO. The molecule has 0 aromatic carbocycles. The molecule has 0 aliphatic rings.